The lowest BCUT2D eigenvalue weighted by molar-refractivity contribution is -0.117. The first-order chi connectivity index (χ1) is 12.2. The largest absolute Gasteiger partial charge is 0.497 e. The van der Waals surface area contributed by atoms with E-state index >= 15 is 0 Å². The monoisotopic (exact) mass is 338 g/mol. The summed E-state index contributed by atoms with van der Waals surface area (Å²) in [4.78, 5) is 24.1. The van der Waals surface area contributed by atoms with Gasteiger partial charge in [-0.15, -0.1) is 0 Å². The lowest BCUT2D eigenvalue weighted by atomic mass is 10.1. The van der Waals surface area contributed by atoms with Crippen LogP contribution in [0.1, 0.15) is 28.8 Å². The van der Waals surface area contributed by atoms with Crippen LogP contribution in [0.25, 0.3) is 0 Å². The second-order valence-electron chi connectivity index (χ2n) is 6.20. The summed E-state index contributed by atoms with van der Waals surface area (Å²) in [7, 11) is 1.64. The molecule has 0 saturated heterocycles. The molecule has 25 heavy (non-hydrogen) atoms. The highest BCUT2D eigenvalue weighted by Gasteiger charge is 2.29. The SMILES string of the molecule is COc1ccc(CCNC(=O)c2cccc(NC(=O)C3CC3)c2)cc1. The highest BCUT2D eigenvalue weighted by Crippen LogP contribution is 2.30. The molecule has 0 radical (unpaired) electrons. The van der Waals surface area contributed by atoms with Gasteiger partial charge in [-0.25, -0.2) is 0 Å². The predicted octanol–water partition coefficient (Wildman–Crippen LogP) is 3.02. The summed E-state index contributed by atoms with van der Waals surface area (Å²) in [5, 5.41) is 5.77. The Labute approximate surface area is 147 Å². The zero-order valence-corrected chi connectivity index (χ0v) is 14.2. The topological polar surface area (TPSA) is 67.4 Å². The van der Waals surface area contributed by atoms with Gasteiger partial charge in [-0.1, -0.05) is 18.2 Å². The summed E-state index contributed by atoms with van der Waals surface area (Å²) in [6.45, 7) is 0.545. The van der Waals surface area contributed by atoms with Gasteiger partial charge in [0.05, 0.1) is 7.11 Å². The molecule has 5 heteroatoms. The van der Waals surface area contributed by atoms with Crippen molar-refractivity contribution in [2.45, 2.75) is 19.3 Å². The Morgan fingerprint density at radius 1 is 1.12 bits per heavy atom. The Morgan fingerprint density at radius 3 is 2.56 bits per heavy atom. The average Bonchev–Trinajstić information content (AvgIpc) is 3.48. The molecule has 3 rings (SSSR count). The van der Waals surface area contributed by atoms with E-state index in [1.807, 2.05) is 24.3 Å². The van der Waals surface area contributed by atoms with Crippen LogP contribution >= 0.6 is 0 Å². The lowest BCUT2D eigenvalue weighted by Crippen LogP contribution is -2.25. The van der Waals surface area contributed by atoms with Gasteiger partial charge in [0.1, 0.15) is 5.75 Å². The van der Waals surface area contributed by atoms with Gasteiger partial charge in [0.15, 0.2) is 0 Å². The number of carbonyl (C=O) groups is 2. The van der Waals surface area contributed by atoms with Gasteiger partial charge in [-0.3, -0.25) is 9.59 Å². The van der Waals surface area contributed by atoms with Gasteiger partial charge < -0.3 is 15.4 Å². The maximum Gasteiger partial charge on any atom is 0.251 e. The Bertz CT molecular complexity index is 752. The van der Waals surface area contributed by atoms with Crippen LogP contribution in [-0.2, 0) is 11.2 Å². The first kappa shape index (κ1) is 17.0. The van der Waals surface area contributed by atoms with E-state index in [2.05, 4.69) is 10.6 Å². The number of rotatable bonds is 7. The fourth-order valence-electron chi connectivity index (χ4n) is 2.54. The molecular weight excluding hydrogens is 316 g/mol. The zero-order chi connectivity index (χ0) is 17.6. The number of benzene rings is 2. The molecule has 0 aliphatic heterocycles. The number of ether oxygens (including phenoxy) is 1. The van der Waals surface area contributed by atoms with Gasteiger partial charge >= 0.3 is 0 Å². The second-order valence-corrected chi connectivity index (χ2v) is 6.20. The molecule has 2 amide bonds. The number of hydrogen-bond donors (Lipinski definition) is 2. The van der Waals surface area contributed by atoms with E-state index in [4.69, 9.17) is 4.74 Å². The maximum absolute atomic E-state index is 12.3. The Morgan fingerprint density at radius 2 is 1.88 bits per heavy atom. The smallest absolute Gasteiger partial charge is 0.251 e. The summed E-state index contributed by atoms with van der Waals surface area (Å²) in [5.74, 6) is 0.855. The molecule has 0 unspecified atom stereocenters. The van der Waals surface area contributed by atoms with E-state index in [9.17, 15) is 9.59 Å². The predicted molar refractivity (Wildman–Crippen MR) is 96.8 cm³/mol. The van der Waals surface area contributed by atoms with E-state index in [0.29, 0.717) is 17.8 Å². The van der Waals surface area contributed by atoms with Gasteiger partial charge in [0.25, 0.3) is 5.91 Å². The van der Waals surface area contributed by atoms with Crippen molar-refractivity contribution in [1.29, 1.82) is 0 Å². The minimum Gasteiger partial charge on any atom is -0.497 e. The molecule has 0 heterocycles. The van der Waals surface area contributed by atoms with Crippen LogP contribution < -0.4 is 15.4 Å². The maximum atomic E-state index is 12.3. The molecule has 0 atom stereocenters. The molecule has 0 aromatic heterocycles. The van der Waals surface area contributed by atoms with Crippen LogP contribution in [0, 0.1) is 5.92 Å². The minimum atomic E-state index is -0.143. The molecule has 0 spiro atoms. The lowest BCUT2D eigenvalue weighted by Gasteiger charge is -2.08. The van der Waals surface area contributed by atoms with E-state index in [1.54, 1.807) is 31.4 Å². The number of carbonyl (C=O) groups excluding carboxylic acids is 2. The Kier molecular flexibility index (Phi) is 5.33. The van der Waals surface area contributed by atoms with Crippen molar-refractivity contribution in [2.24, 2.45) is 5.92 Å². The van der Waals surface area contributed by atoms with Crippen LogP contribution in [-0.4, -0.2) is 25.5 Å². The summed E-state index contributed by atoms with van der Waals surface area (Å²) >= 11 is 0. The van der Waals surface area contributed by atoms with Crippen molar-refractivity contribution in [3.63, 3.8) is 0 Å². The summed E-state index contributed by atoms with van der Waals surface area (Å²) < 4.78 is 5.13. The van der Waals surface area contributed by atoms with Crippen molar-refractivity contribution in [2.75, 3.05) is 19.0 Å². The quantitative estimate of drug-likeness (QED) is 0.815. The third-order valence-electron chi connectivity index (χ3n) is 4.20. The van der Waals surface area contributed by atoms with Crippen LogP contribution in [0.2, 0.25) is 0 Å². The molecule has 130 valence electrons. The highest BCUT2D eigenvalue weighted by molar-refractivity contribution is 5.98. The van der Waals surface area contributed by atoms with E-state index in [-0.39, 0.29) is 17.7 Å². The van der Waals surface area contributed by atoms with Gasteiger partial charge in [0, 0.05) is 23.7 Å². The molecule has 2 aromatic rings. The van der Waals surface area contributed by atoms with Crippen molar-refractivity contribution in [1.82, 2.24) is 5.32 Å². The second kappa shape index (κ2) is 7.83. The third-order valence-corrected chi connectivity index (χ3v) is 4.20. The van der Waals surface area contributed by atoms with Gasteiger partial charge in [-0.2, -0.15) is 0 Å². The molecule has 1 aliphatic rings. The average molecular weight is 338 g/mol. The van der Waals surface area contributed by atoms with E-state index < -0.39 is 0 Å². The standard InChI is InChI=1S/C20H22N2O3/c1-25-18-9-5-14(6-10-18)11-12-21-19(23)16-3-2-4-17(13-16)22-20(24)15-7-8-15/h2-6,9-10,13,15H,7-8,11-12H2,1H3,(H,21,23)(H,22,24). The van der Waals surface area contributed by atoms with Gasteiger partial charge in [0.2, 0.25) is 5.91 Å². The number of nitrogens with one attached hydrogen (secondary N) is 2. The summed E-state index contributed by atoms with van der Waals surface area (Å²) in [5.41, 5.74) is 2.34. The number of hydrogen-bond acceptors (Lipinski definition) is 3. The normalized spacial score (nSPS) is 13.2. The number of anilines is 1. The van der Waals surface area contributed by atoms with Crippen molar-refractivity contribution in [3.8, 4) is 5.75 Å². The molecule has 0 bridgehead atoms. The van der Waals surface area contributed by atoms with Crippen molar-refractivity contribution < 1.29 is 14.3 Å². The first-order valence-electron chi connectivity index (χ1n) is 8.48. The van der Waals surface area contributed by atoms with Crippen molar-refractivity contribution in [3.05, 3.63) is 59.7 Å². The Balaban J connectivity index is 1.51. The molecule has 1 aliphatic carbocycles. The molecule has 2 aromatic carbocycles. The summed E-state index contributed by atoms with van der Waals surface area (Å²) in [6, 6.07) is 14.8. The molecule has 5 nitrogen and oxygen atoms in total. The number of methoxy groups -OCH3 is 1. The summed E-state index contributed by atoms with van der Waals surface area (Å²) in [6.07, 6.45) is 2.66. The molecular formula is C20H22N2O3. The number of amides is 2. The zero-order valence-electron chi connectivity index (χ0n) is 14.2. The van der Waals surface area contributed by atoms with E-state index in [0.717, 1.165) is 30.6 Å². The Hall–Kier alpha value is -2.82. The third kappa shape index (κ3) is 4.83. The first-order valence-corrected chi connectivity index (χ1v) is 8.48. The minimum absolute atomic E-state index is 0.0389. The fraction of sp³-hybridized carbons (Fsp3) is 0.300. The van der Waals surface area contributed by atoms with Crippen LogP contribution in [0.15, 0.2) is 48.5 Å². The fourth-order valence-corrected chi connectivity index (χ4v) is 2.54. The van der Waals surface area contributed by atoms with Crippen LogP contribution in [0.4, 0.5) is 5.69 Å². The highest BCUT2D eigenvalue weighted by atomic mass is 16.5. The molecule has 2 N–H and O–H groups in total. The van der Waals surface area contributed by atoms with Crippen LogP contribution in [0.3, 0.4) is 0 Å². The van der Waals surface area contributed by atoms with Gasteiger partial charge in [-0.05, 0) is 55.2 Å². The van der Waals surface area contributed by atoms with Crippen molar-refractivity contribution >= 4 is 17.5 Å². The molecule has 1 saturated carbocycles. The van der Waals surface area contributed by atoms with E-state index in [1.165, 1.54) is 0 Å². The van der Waals surface area contributed by atoms with Crippen LogP contribution in [0.5, 0.6) is 5.75 Å². The molecule has 1 fully saturated rings.